The maximum atomic E-state index is 6.76. The third-order valence-corrected chi connectivity index (χ3v) is 9.97. The minimum absolute atomic E-state index is 0.574. The van der Waals surface area contributed by atoms with Crippen LogP contribution in [0.15, 0.2) is 149 Å². The van der Waals surface area contributed by atoms with Crippen LogP contribution in [0.3, 0.4) is 0 Å². The van der Waals surface area contributed by atoms with Crippen LogP contribution >= 0.6 is 11.8 Å². The van der Waals surface area contributed by atoms with Gasteiger partial charge >= 0.3 is 0 Å². The number of rotatable bonds is 6. The number of thioether (sulfide) groups is 1. The summed E-state index contributed by atoms with van der Waals surface area (Å²) < 4.78 is 6.76. The van der Waals surface area contributed by atoms with E-state index in [1.54, 1.807) is 0 Å². The molecule has 0 N–H and O–H groups in total. The summed E-state index contributed by atoms with van der Waals surface area (Å²) in [5, 5.41) is 2.36. The van der Waals surface area contributed by atoms with E-state index in [2.05, 4.69) is 158 Å². The molecular weight excluding hydrogens is 555 g/mol. The summed E-state index contributed by atoms with van der Waals surface area (Å²) >= 11 is 1.82. The Morgan fingerprint density at radius 3 is 1.91 bits per heavy atom. The van der Waals surface area contributed by atoms with Crippen LogP contribution in [0.4, 0.5) is 17.1 Å². The van der Waals surface area contributed by atoms with Crippen LogP contribution in [-0.4, -0.2) is 6.26 Å². The fourth-order valence-electron chi connectivity index (χ4n) is 7.48. The van der Waals surface area contributed by atoms with Crippen molar-refractivity contribution in [3.8, 4) is 0 Å². The predicted molar refractivity (Wildman–Crippen MR) is 186 cm³/mol. The highest BCUT2D eigenvalue weighted by atomic mass is 32.2. The Labute approximate surface area is 263 Å². The van der Waals surface area contributed by atoms with Gasteiger partial charge in [0.15, 0.2) is 0 Å². The summed E-state index contributed by atoms with van der Waals surface area (Å²) in [5.41, 5.74) is 11.3. The van der Waals surface area contributed by atoms with Gasteiger partial charge in [0, 0.05) is 26.9 Å². The van der Waals surface area contributed by atoms with Crippen molar-refractivity contribution in [1.82, 2.24) is 0 Å². The van der Waals surface area contributed by atoms with E-state index in [1.807, 2.05) is 11.8 Å². The van der Waals surface area contributed by atoms with E-state index < -0.39 is 5.41 Å². The van der Waals surface area contributed by atoms with Gasteiger partial charge in [0.05, 0.1) is 16.8 Å². The Kier molecular flexibility index (Phi) is 6.57. The number of hydrogen-bond donors (Lipinski definition) is 0. The molecule has 0 radical (unpaired) electrons. The van der Waals surface area contributed by atoms with E-state index in [4.69, 9.17) is 4.42 Å². The molecule has 6 aromatic carbocycles. The first kappa shape index (κ1) is 26.9. The van der Waals surface area contributed by atoms with Gasteiger partial charge in [0.25, 0.3) is 0 Å². The van der Waals surface area contributed by atoms with Crippen LogP contribution in [-0.2, 0) is 11.8 Å². The Hall–Kier alpha value is -4.73. The van der Waals surface area contributed by atoms with Gasteiger partial charge in [-0.2, -0.15) is 0 Å². The van der Waals surface area contributed by atoms with Crippen molar-refractivity contribution in [2.24, 2.45) is 0 Å². The van der Waals surface area contributed by atoms with Crippen molar-refractivity contribution in [3.05, 3.63) is 167 Å². The van der Waals surface area contributed by atoms with Crippen LogP contribution in [0, 0.1) is 0 Å². The molecule has 8 rings (SSSR count). The highest BCUT2D eigenvalue weighted by molar-refractivity contribution is 7.98. The Bertz CT molecular complexity index is 2100. The number of benzene rings is 6. The van der Waals surface area contributed by atoms with Crippen molar-refractivity contribution in [2.45, 2.75) is 30.1 Å². The molecule has 1 aromatic heterocycles. The van der Waals surface area contributed by atoms with Crippen molar-refractivity contribution in [3.63, 3.8) is 0 Å². The molecule has 0 bridgehead atoms. The van der Waals surface area contributed by atoms with Crippen LogP contribution in [0.5, 0.6) is 0 Å². The van der Waals surface area contributed by atoms with Crippen molar-refractivity contribution in [2.75, 3.05) is 11.2 Å². The summed E-state index contributed by atoms with van der Waals surface area (Å²) in [6.45, 7) is 2.27. The zero-order valence-electron chi connectivity index (χ0n) is 25.0. The molecule has 44 heavy (non-hydrogen) atoms. The van der Waals surface area contributed by atoms with E-state index in [0.29, 0.717) is 0 Å². The molecule has 2 nitrogen and oxygen atoms in total. The second kappa shape index (κ2) is 10.8. The lowest BCUT2D eigenvalue weighted by Crippen LogP contribution is -2.39. The van der Waals surface area contributed by atoms with Gasteiger partial charge in [-0.25, -0.2) is 0 Å². The lowest BCUT2D eigenvalue weighted by atomic mass is 9.61. The molecule has 0 aliphatic carbocycles. The average molecular weight is 588 g/mol. The third-order valence-electron chi connectivity index (χ3n) is 9.18. The molecule has 0 saturated heterocycles. The van der Waals surface area contributed by atoms with Crippen molar-refractivity contribution >= 4 is 50.8 Å². The first-order valence-electron chi connectivity index (χ1n) is 15.4. The maximum absolute atomic E-state index is 6.76. The Balaban J connectivity index is 1.58. The first-order valence-corrected chi connectivity index (χ1v) is 16.6. The highest BCUT2D eigenvalue weighted by Crippen LogP contribution is 2.60. The summed E-state index contributed by atoms with van der Waals surface area (Å²) in [4.78, 5) is 3.71. The van der Waals surface area contributed by atoms with Gasteiger partial charge < -0.3 is 9.32 Å². The molecule has 0 spiro atoms. The second-order valence-corrected chi connectivity index (χ2v) is 12.3. The normalized spacial score (nSPS) is 13.6. The predicted octanol–water partition coefficient (Wildman–Crippen LogP) is 11.4. The lowest BCUT2D eigenvalue weighted by molar-refractivity contribution is 0.649. The fraction of sp³-hybridized carbons (Fsp3) is 0.122. The van der Waals surface area contributed by atoms with E-state index >= 15 is 0 Å². The van der Waals surface area contributed by atoms with Gasteiger partial charge in [0.2, 0.25) is 0 Å². The molecule has 3 heteroatoms. The molecule has 2 heterocycles. The minimum atomic E-state index is -0.574. The lowest BCUT2D eigenvalue weighted by Gasteiger charge is -2.47. The van der Waals surface area contributed by atoms with Crippen LogP contribution in [0.2, 0.25) is 0 Å². The van der Waals surface area contributed by atoms with Crippen molar-refractivity contribution < 1.29 is 4.42 Å². The molecule has 0 saturated carbocycles. The zero-order chi connectivity index (χ0) is 29.7. The largest absolute Gasteiger partial charge is 0.456 e. The molecule has 214 valence electrons. The number of aryl methyl sites for hydroxylation is 1. The van der Waals surface area contributed by atoms with Crippen LogP contribution in [0.25, 0.3) is 21.9 Å². The molecule has 0 amide bonds. The molecule has 0 unspecified atom stereocenters. The van der Waals surface area contributed by atoms with Gasteiger partial charge in [-0.1, -0.05) is 116 Å². The molecule has 7 aromatic rings. The van der Waals surface area contributed by atoms with E-state index in [-0.39, 0.29) is 0 Å². The molecule has 1 aliphatic rings. The Morgan fingerprint density at radius 2 is 1.20 bits per heavy atom. The maximum Gasteiger partial charge on any atom is 0.138 e. The second-order valence-electron chi connectivity index (χ2n) is 11.5. The average Bonchev–Trinajstić information content (AvgIpc) is 3.47. The summed E-state index contributed by atoms with van der Waals surface area (Å²) in [6.07, 6.45) is 4.13. The number of hydrogen-bond acceptors (Lipinski definition) is 3. The first-order chi connectivity index (χ1) is 21.8. The van der Waals surface area contributed by atoms with Crippen LogP contribution < -0.4 is 4.90 Å². The summed E-state index contributed by atoms with van der Waals surface area (Å²) in [5.74, 6) is 0. The summed E-state index contributed by atoms with van der Waals surface area (Å²) in [7, 11) is 0. The number of furan rings is 1. The molecule has 1 aliphatic heterocycles. The molecular formula is C41H33NOS. The smallest absolute Gasteiger partial charge is 0.138 e. The van der Waals surface area contributed by atoms with Gasteiger partial charge in [-0.3, -0.25) is 0 Å². The minimum Gasteiger partial charge on any atom is -0.456 e. The number of para-hydroxylation sites is 4. The quantitative estimate of drug-likeness (QED) is 0.180. The fourth-order valence-corrected chi connectivity index (χ4v) is 8.13. The monoisotopic (exact) mass is 587 g/mol. The van der Waals surface area contributed by atoms with Gasteiger partial charge in [-0.15, -0.1) is 11.8 Å². The van der Waals surface area contributed by atoms with Crippen LogP contribution in [0.1, 0.15) is 41.2 Å². The number of nitrogens with zero attached hydrogens (tertiary/aromatic N) is 1. The summed E-state index contributed by atoms with van der Waals surface area (Å²) in [6, 6.07) is 50.9. The topological polar surface area (TPSA) is 16.4 Å². The number of fused-ring (bicyclic) bond motifs is 5. The van der Waals surface area contributed by atoms with Gasteiger partial charge in [0.1, 0.15) is 11.2 Å². The van der Waals surface area contributed by atoms with E-state index in [9.17, 15) is 0 Å². The van der Waals surface area contributed by atoms with E-state index in [0.717, 1.165) is 29.7 Å². The van der Waals surface area contributed by atoms with E-state index in [1.165, 1.54) is 54.9 Å². The van der Waals surface area contributed by atoms with Gasteiger partial charge in [-0.05, 0) is 71.3 Å². The highest BCUT2D eigenvalue weighted by Gasteiger charge is 2.48. The third kappa shape index (κ3) is 3.82. The molecule has 0 atom stereocenters. The SMILES string of the molecule is CCCc1c(C2(c3ccccc3SC)c3ccccc3N(c3ccccc3)c3ccccc32)ccc2c1oc1ccccc12. The standard InChI is InChI=1S/C41H33NOS/c1-3-15-31-32(27-26-30-29-18-7-13-24-38(29)43-40(30)31)41(35-21-10-14-25-39(35)44-2)33-19-8-11-22-36(33)42(28-16-5-4-6-17-28)37-23-12-9-20-34(37)41/h4-14,16-27H,3,15H2,1-2H3. The van der Waals surface area contributed by atoms with Crippen molar-refractivity contribution in [1.29, 1.82) is 0 Å². The molecule has 0 fully saturated rings. The zero-order valence-corrected chi connectivity index (χ0v) is 25.8. The number of anilines is 3. The Morgan fingerprint density at radius 1 is 0.591 bits per heavy atom.